The zero-order chi connectivity index (χ0) is 13.0. The summed E-state index contributed by atoms with van der Waals surface area (Å²) in [6.45, 7) is 8.23. The first-order valence-corrected chi connectivity index (χ1v) is 6.65. The predicted molar refractivity (Wildman–Crippen MR) is 71.1 cm³/mol. The fraction of sp³-hybridized carbons (Fsp3) is 0.643. The Bertz CT molecular complexity index is 365. The van der Waals surface area contributed by atoms with Crippen molar-refractivity contribution in [2.24, 2.45) is 5.92 Å². The molecule has 4 nitrogen and oxygen atoms in total. The van der Waals surface area contributed by atoms with E-state index in [0.29, 0.717) is 11.8 Å². The first kappa shape index (κ1) is 13.1. The van der Waals surface area contributed by atoms with Crippen LogP contribution >= 0.6 is 0 Å². The van der Waals surface area contributed by atoms with Gasteiger partial charge in [-0.05, 0) is 32.9 Å². The van der Waals surface area contributed by atoms with Gasteiger partial charge in [0.2, 0.25) is 5.88 Å². The number of piperidine rings is 1. The van der Waals surface area contributed by atoms with Crippen LogP contribution in [0.5, 0.6) is 11.6 Å². The van der Waals surface area contributed by atoms with E-state index in [-0.39, 0.29) is 12.2 Å². The minimum Gasteiger partial charge on any atom is -0.489 e. The van der Waals surface area contributed by atoms with Gasteiger partial charge < -0.3 is 14.8 Å². The zero-order valence-electron chi connectivity index (χ0n) is 11.3. The molecule has 1 aromatic rings. The van der Waals surface area contributed by atoms with E-state index in [0.717, 1.165) is 25.3 Å². The quantitative estimate of drug-likeness (QED) is 0.890. The van der Waals surface area contributed by atoms with Crippen molar-refractivity contribution in [2.45, 2.75) is 39.4 Å². The molecule has 0 aromatic carbocycles. The molecule has 4 heteroatoms. The van der Waals surface area contributed by atoms with Crippen LogP contribution in [-0.2, 0) is 0 Å². The number of rotatable bonds is 4. The molecule has 0 unspecified atom stereocenters. The van der Waals surface area contributed by atoms with E-state index in [2.05, 4.69) is 17.2 Å². The number of aromatic nitrogens is 1. The largest absolute Gasteiger partial charge is 0.489 e. The number of pyridine rings is 1. The molecule has 1 N–H and O–H groups in total. The standard InChI is InChI=1S/C14H22N2O2/c1-10(2)17-12-4-5-14(16-9-12)18-13-6-7-15-8-11(13)3/h4-5,9-11,13,15H,6-8H2,1-3H3/t11-,13+/m0/s1. The average molecular weight is 250 g/mol. The van der Waals surface area contributed by atoms with Gasteiger partial charge in [0, 0.05) is 18.5 Å². The van der Waals surface area contributed by atoms with Crippen molar-refractivity contribution in [1.82, 2.24) is 10.3 Å². The molecule has 1 aliphatic rings. The first-order valence-electron chi connectivity index (χ1n) is 6.65. The highest BCUT2D eigenvalue weighted by molar-refractivity contribution is 5.23. The highest BCUT2D eigenvalue weighted by Crippen LogP contribution is 2.20. The van der Waals surface area contributed by atoms with Crippen LogP contribution in [0, 0.1) is 5.92 Å². The monoisotopic (exact) mass is 250 g/mol. The first-order chi connectivity index (χ1) is 8.65. The van der Waals surface area contributed by atoms with Gasteiger partial charge in [-0.15, -0.1) is 0 Å². The van der Waals surface area contributed by atoms with Crippen LogP contribution in [0.4, 0.5) is 0 Å². The van der Waals surface area contributed by atoms with Crippen molar-refractivity contribution >= 4 is 0 Å². The van der Waals surface area contributed by atoms with Crippen LogP contribution < -0.4 is 14.8 Å². The van der Waals surface area contributed by atoms with Gasteiger partial charge in [0.1, 0.15) is 11.9 Å². The number of ether oxygens (including phenoxy) is 2. The van der Waals surface area contributed by atoms with Crippen LogP contribution in [0.1, 0.15) is 27.2 Å². The molecule has 2 rings (SSSR count). The average Bonchev–Trinajstić information content (AvgIpc) is 2.34. The van der Waals surface area contributed by atoms with E-state index in [4.69, 9.17) is 9.47 Å². The molecule has 18 heavy (non-hydrogen) atoms. The van der Waals surface area contributed by atoms with Gasteiger partial charge in [-0.1, -0.05) is 6.92 Å². The van der Waals surface area contributed by atoms with Crippen molar-refractivity contribution in [3.8, 4) is 11.6 Å². The van der Waals surface area contributed by atoms with Gasteiger partial charge in [-0.25, -0.2) is 4.98 Å². The third-order valence-electron chi connectivity index (χ3n) is 3.06. The number of nitrogens with zero attached hydrogens (tertiary/aromatic N) is 1. The molecule has 0 spiro atoms. The molecule has 1 fully saturated rings. The molecule has 0 saturated carbocycles. The third kappa shape index (κ3) is 3.60. The smallest absolute Gasteiger partial charge is 0.213 e. The maximum Gasteiger partial charge on any atom is 0.213 e. The summed E-state index contributed by atoms with van der Waals surface area (Å²) in [5, 5.41) is 3.36. The maximum atomic E-state index is 5.92. The fourth-order valence-electron chi connectivity index (χ4n) is 2.10. The van der Waals surface area contributed by atoms with Crippen LogP contribution in [-0.4, -0.2) is 30.3 Å². The van der Waals surface area contributed by atoms with Gasteiger partial charge in [0.15, 0.2) is 0 Å². The van der Waals surface area contributed by atoms with E-state index < -0.39 is 0 Å². The summed E-state index contributed by atoms with van der Waals surface area (Å²) >= 11 is 0. The molecule has 1 aliphatic heterocycles. The molecule has 0 bridgehead atoms. The Kier molecular flexibility index (Phi) is 4.42. The van der Waals surface area contributed by atoms with Crippen molar-refractivity contribution in [3.63, 3.8) is 0 Å². The number of hydrogen-bond donors (Lipinski definition) is 1. The van der Waals surface area contributed by atoms with Crippen molar-refractivity contribution in [1.29, 1.82) is 0 Å². The number of hydrogen-bond acceptors (Lipinski definition) is 4. The second-order valence-electron chi connectivity index (χ2n) is 5.13. The molecule has 1 aromatic heterocycles. The van der Waals surface area contributed by atoms with E-state index in [1.165, 1.54) is 0 Å². The van der Waals surface area contributed by atoms with Crippen LogP contribution in [0.3, 0.4) is 0 Å². The Morgan fingerprint density at radius 1 is 1.39 bits per heavy atom. The Morgan fingerprint density at radius 2 is 2.22 bits per heavy atom. The lowest BCUT2D eigenvalue weighted by molar-refractivity contribution is 0.106. The summed E-state index contributed by atoms with van der Waals surface area (Å²) in [5.41, 5.74) is 0. The van der Waals surface area contributed by atoms with Crippen molar-refractivity contribution < 1.29 is 9.47 Å². The summed E-state index contributed by atoms with van der Waals surface area (Å²) in [5.74, 6) is 1.99. The van der Waals surface area contributed by atoms with E-state index in [1.807, 2.05) is 26.0 Å². The molecule has 0 aliphatic carbocycles. The minimum atomic E-state index is 0.169. The summed E-state index contributed by atoms with van der Waals surface area (Å²) in [7, 11) is 0. The molecule has 0 radical (unpaired) electrons. The summed E-state index contributed by atoms with van der Waals surface area (Å²) < 4.78 is 11.5. The van der Waals surface area contributed by atoms with Gasteiger partial charge >= 0.3 is 0 Å². The van der Waals surface area contributed by atoms with Gasteiger partial charge in [0.25, 0.3) is 0 Å². The zero-order valence-corrected chi connectivity index (χ0v) is 11.3. The lowest BCUT2D eigenvalue weighted by atomic mass is 9.98. The van der Waals surface area contributed by atoms with Crippen LogP contribution in [0.2, 0.25) is 0 Å². The topological polar surface area (TPSA) is 43.4 Å². The summed E-state index contributed by atoms with van der Waals surface area (Å²) in [6, 6.07) is 3.79. The normalized spacial score (nSPS) is 24.0. The van der Waals surface area contributed by atoms with E-state index in [1.54, 1.807) is 6.20 Å². The highest BCUT2D eigenvalue weighted by atomic mass is 16.5. The van der Waals surface area contributed by atoms with E-state index >= 15 is 0 Å². The Hall–Kier alpha value is -1.29. The van der Waals surface area contributed by atoms with Crippen LogP contribution in [0.15, 0.2) is 18.3 Å². The second kappa shape index (κ2) is 6.05. The third-order valence-corrected chi connectivity index (χ3v) is 3.06. The predicted octanol–water partition coefficient (Wildman–Crippen LogP) is 2.25. The van der Waals surface area contributed by atoms with Crippen molar-refractivity contribution in [3.05, 3.63) is 18.3 Å². The fourth-order valence-corrected chi connectivity index (χ4v) is 2.10. The summed E-state index contributed by atoms with van der Waals surface area (Å²) in [4.78, 5) is 4.29. The Balaban J connectivity index is 1.93. The SMILES string of the molecule is CC(C)Oc1ccc(O[C@@H]2CCNC[C@@H]2C)nc1. The minimum absolute atomic E-state index is 0.169. The number of nitrogens with one attached hydrogen (secondary N) is 1. The maximum absolute atomic E-state index is 5.92. The van der Waals surface area contributed by atoms with E-state index in [9.17, 15) is 0 Å². The van der Waals surface area contributed by atoms with Gasteiger partial charge in [-0.3, -0.25) is 0 Å². The second-order valence-corrected chi connectivity index (χ2v) is 5.13. The summed E-state index contributed by atoms with van der Waals surface area (Å²) in [6.07, 6.45) is 3.19. The van der Waals surface area contributed by atoms with Crippen molar-refractivity contribution in [2.75, 3.05) is 13.1 Å². The van der Waals surface area contributed by atoms with Crippen LogP contribution in [0.25, 0.3) is 0 Å². The molecular formula is C14H22N2O2. The lowest BCUT2D eigenvalue weighted by Crippen LogP contribution is -2.41. The van der Waals surface area contributed by atoms with Gasteiger partial charge in [-0.2, -0.15) is 0 Å². The highest BCUT2D eigenvalue weighted by Gasteiger charge is 2.22. The Morgan fingerprint density at radius 3 is 2.83 bits per heavy atom. The molecule has 0 amide bonds. The molecule has 1 saturated heterocycles. The molecule has 2 heterocycles. The molecule has 2 atom stereocenters. The van der Waals surface area contributed by atoms with Gasteiger partial charge in [0.05, 0.1) is 12.3 Å². The lowest BCUT2D eigenvalue weighted by Gasteiger charge is -2.29. The Labute approximate surface area is 109 Å². The molecular weight excluding hydrogens is 228 g/mol. The molecule has 100 valence electrons.